The van der Waals surface area contributed by atoms with Crippen molar-refractivity contribution in [3.63, 3.8) is 0 Å². The molecule has 53 valence electrons. The maximum Gasteiger partial charge on any atom is 0.0192 e. The quantitative estimate of drug-likeness (QED) is 0.538. The van der Waals surface area contributed by atoms with Gasteiger partial charge in [-0.15, -0.1) is 0 Å². The number of nitrogens with zero attached hydrogens (tertiary/aromatic N) is 1. The molecule has 1 fully saturated rings. The van der Waals surface area contributed by atoms with Gasteiger partial charge in [0.15, 0.2) is 0 Å². The third kappa shape index (κ3) is 1.66. The SMILES string of the molecule is [CH2]CN1CCNCC1C. The van der Waals surface area contributed by atoms with Crippen LogP contribution in [0.2, 0.25) is 0 Å². The van der Waals surface area contributed by atoms with Crippen molar-refractivity contribution in [1.82, 2.24) is 10.2 Å². The zero-order valence-electron chi connectivity index (χ0n) is 6.06. The third-order valence-electron chi connectivity index (χ3n) is 1.93. The van der Waals surface area contributed by atoms with Crippen molar-refractivity contribution in [3.05, 3.63) is 6.92 Å². The Balaban J connectivity index is 2.30. The molecule has 1 N–H and O–H groups in total. The molecule has 1 unspecified atom stereocenters. The summed E-state index contributed by atoms with van der Waals surface area (Å²) < 4.78 is 0. The van der Waals surface area contributed by atoms with Gasteiger partial charge in [0.2, 0.25) is 0 Å². The van der Waals surface area contributed by atoms with Gasteiger partial charge in [-0.1, -0.05) is 0 Å². The summed E-state index contributed by atoms with van der Waals surface area (Å²) in [7, 11) is 0. The molecular formula is C7H15N2. The van der Waals surface area contributed by atoms with E-state index in [-0.39, 0.29) is 0 Å². The van der Waals surface area contributed by atoms with Gasteiger partial charge in [0, 0.05) is 25.7 Å². The number of rotatable bonds is 1. The van der Waals surface area contributed by atoms with Crippen LogP contribution in [0.5, 0.6) is 0 Å². The summed E-state index contributed by atoms with van der Waals surface area (Å²) in [6.07, 6.45) is 0. The van der Waals surface area contributed by atoms with Gasteiger partial charge >= 0.3 is 0 Å². The highest BCUT2D eigenvalue weighted by Gasteiger charge is 2.14. The summed E-state index contributed by atoms with van der Waals surface area (Å²) in [5.41, 5.74) is 0. The largest absolute Gasteiger partial charge is 0.314 e. The van der Waals surface area contributed by atoms with E-state index in [4.69, 9.17) is 0 Å². The van der Waals surface area contributed by atoms with E-state index in [0.717, 1.165) is 26.2 Å². The lowest BCUT2D eigenvalue weighted by Gasteiger charge is -2.32. The van der Waals surface area contributed by atoms with E-state index < -0.39 is 0 Å². The van der Waals surface area contributed by atoms with Gasteiger partial charge in [-0.2, -0.15) is 0 Å². The molecule has 1 aliphatic rings. The molecule has 1 aliphatic heterocycles. The van der Waals surface area contributed by atoms with Crippen LogP contribution in [0, 0.1) is 6.92 Å². The molecule has 1 radical (unpaired) electrons. The van der Waals surface area contributed by atoms with Gasteiger partial charge in [0.05, 0.1) is 0 Å². The summed E-state index contributed by atoms with van der Waals surface area (Å²) in [4.78, 5) is 2.39. The highest BCUT2D eigenvalue weighted by Crippen LogP contribution is 1.99. The van der Waals surface area contributed by atoms with E-state index in [9.17, 15) is 0 Å². The second-order valence-corrected chi connectivity index (χ2v) is 2.59. The third-order valence-corrected chi connectivity index (χ3v) is 1.93. The lowest BCUT2D eigenvalue weighted by molar-refractivity contribution is 0.192. The first-order valence-electron chi connectivity index (χ1n) is 3.58. The molecular weight excluding hydrogens is 112 g/mol. The fraction of sp³-hybridized carbons (Fsp3) is 0.857. The molecule has 1 rings (SSSR count). The molecule has 2 heteroatoms. The van der Waals surface area contributed by atoms with Crippen molar-refractivity contribution in [1.29, 1.82) is 0 Å². The molecule has 0 amide bonds. The minimum atomic E-state index is 0.677. The van der Waals surface area contributed by atoms with Gasteiger partial charge in [-0.3, -0.25) is 4.90 Å². The first kappa shape index (κ1) is 7.03. The van der Waals surface area contributed by atoms with Gasteiger partial charge in [-0.05, 0) is 20.4 Å². The molecule has 0 aromatic heterocycles. The molecule has 0 spiro atoms. The van der Waals surface area contributed by atoms with Gasteiger partial charge in [-0.25, -0.2) is 0 Å². The molecule has 9 heavy (non-hydrogen) atoms. The lowest BCUT2D eigenvalue weighted by atomic mass is 10.2. The average Bonchev–Trinajstić information content (AvgIpc) is 1.89. The summed E-state index contributed by atoms with van der Waals surface area (Å²) in [6, 6.07) is 0.677. The van der Waals surface area contributed by atoms with Crippen LogP contribution in [0.25, 0.3) is 0 Å². The van der Waals surface area contributed by atoms with E-state index in [2.05, 4.69) is 24.1 Å². The van der Waals surface area contributed by atoms with Crippen molar-refractivity contribution < 1.29 is 0 Å². The molecule has 0 saturated carbocycles. The van der Waals surface area contributed by atoms with Gasteiger partial charge < -0.3 is 5.32 Å². The first-order valence-corrected chi connectivity index (χ1v) is 3.58. The van der Waals surface area contributed by atoms with Gasteiger partial charge in [0.25, 0.3) is 0 Å². The number of nitrogens with one attached hydrogen (secondary N) is 1. The Kier molecular flexibility index (Phi) is 2.49. The molecule has 0 aromatic rings. The van der Waals surface area contributed by atoms with Crippen LogP contribution in [-0.2, 0) is 0 Å². The summed E-state index contributed by atoms with van der Waals surface area (Å²) in [6.45, 7) is 10.4. The smallest absolute Gasteiger partial charge is 0.0192 e. The second kappa shape index (κ2) is 3.18. The van der Waals surface area contributed by atoms with Crippen LogP contribution < -0.4 is 5.32 Å². The maximum absolute atomic E-state index is 3.86. The number of piperazine rings is 1. The monoisotopic (exact) mass is 127 g/mol. The van der Waals surface area contributed by atoms with Crippen molar-refractivity contribution in [3.8, 4) is 0 Å². The predicted molar refractivity (Wildman–Crippen MR) is 39.3 cm³/mol. The fourth-order valence-corrected chi connectivity index (χ4v) is 1.22. The van der Waals surface area contributed by atoms with E-state index in [0.29, 0.717) is 6.04 Å². The fourth-order valence-electron chi connectivity index (χ4n) is 1.22. The Morgan fingerprint density at radius 1 is 1.78 bits per heavy atom. The van der Waals surface area contributed by atoms with Crippen molar-refractivity contribution in [2.24, 2.45) is 0 Å². The standard InChI is InChI=1S/C7H15N2/c1-3-9-5-4-8-6-7(9)2/h7-8H,1,3-6H2,2H3. The Bertz CT molecular complexity index is 83.0. The highest BCUT2D eigenvalue weighted by atomic mass is 15.2. The Labute approximate surface area is 57.2 Å². The zero-order chi connectivity index (χ0) is 6.69. The first-order chi connectivity index (χ1) is 4.34. The maximum atomic E-state index is 3.86. The van der Waals surface area contributed by atoms with Crippen LogP contribution >= 0.6 is 0 Å². The minimum Gasteiger partial charge on any atom is -0.314 e. The van der Waals surface area contributed by atoms with Crippen molar-refractivity contribution in [2.75, 3.05) is 26.2 Å². The van der Waals surface area contributed by atoms with E-state index >= 15 is 0 Å². The van der Waals surface area contributed by atoms with Crippen LogP contribution in [-0.4, -0.2) is 37.1 Å². The topological polar surface area (TPSA) is 15.3 Å². The number of hydrogen-bond acceptors (Lipinski definition) is 2. The summed E-state index contributed by atoms with van der Waals surface area (Å²) >= 11 is 0. The zero-order valence-corrected chi connectivity index (χ0v) is 6.06. The Hall–Kier alpha value is -0.0800. The molecule has 0 bridgehead atoms. The van der Waals surface area contributed by atoms with E-state index in [1.165, 1.54) is 0 Å². The molecule has 1 saturated heterocycles. The van der Waals surface area contributed by atoms with Crippen LogP contribution in [0.15, 0.2) is 0 Å². The van der Waals surface area contributed by atoms with Crippen LogP contribution in [0.1, 0.15) is 6.92 Å². The molecule has 0 aliphatic carbocycles. The lowest BCUT2D eigenvalue weighted by Crippen LogP contribution is -2.49. The molecule has 2 nitrogen and oxygen atoms in total. The Morgan fingerprint density at radius 3 is 3.00 bits per heavy atom. The van der Waals surface area contributed by atoms with E-state index in [1.54, 1.807) is 0 Å². The van der Waals surface area contributed by atoms with Crippen LogP contribution in [0.4, 0.5) is 0 Å². The minimum absolute atomic E-state index is 0.677. The highest BCUT2D eigenvalue weighted by molar-refractivity contribution is 4.75. The normalized spacial score (nSPS) is 30.7. The summed E-state index contributed by atoms with van der Waals surface area (Å²) in [5.74, 6) is 0. The number of hydrogen-bond donors (Lipinski definition) is 1. The molecule has 1 heterocycles. The second-order valence-electron chi connectivity index (χ2n) is 2.59. The van der Waals surface area contributed by atoms with Crippen molar-refractivity contribution in [2.45, 2.75) is 13.0 Å². The molecule has 1 atom stereocenters. The van der Waals surface area contributed by atoms with Crippen LogP contribution in [0.3, 0.4) is 0 Å². The van der Waals surface area contributed by atoms with E-state index in [1.807, 2.05) is 0 Å². The molecule has 0 aromatic carbocycles. The van der Waals surface area contributed by atoms with Crippen molar-refractivity contribution >= 4 is 0 Å². The summed E-state index contributed by atoms with van der Waals surface area (Å²) in [5, 5.41) is 3.33. The predicted octanol–water partition coefficient (Wildman–Crippen LogP) is 0.114. The Morgan fingerprint density at radius 2 is 2.56 bits per heavy atom. The average molecular weight is 127 g/mol. The van der Waals surface area contributed by atoms with Gasteiger partial charge in [0.1, 0.15) is 0 Å².